The second-order valence-corrected chi connectivity index (χ2v) is 7.03. The summed E-state index contributed by atoms with van der Waals surface area (Å²) in [5, 5.41) is 7.89. The van der Waals surface area contributed by atoms with Crippen molar-refractivity contribution in [3.63, 3.8) is 0 Å². The second kappa shape index (κ2) is 8.65. The number of halogens is 3. The van der Waals surface area contributed by atoms with E-state index in [1.807, 2.05) is 6.07 Å². The molecule has 33 heavy (non-hydrogen) atoms. The van der Waals surface area contributed by atoms with Crippen molar-refractivity contribution in [2.45, 2.75) is 18.7 Å². The number of rotatable bonds is 5. The van der Waals surface area contributed by atoms with Gasteiger partial charge in [0.1, 0.15) is 11.6 Å². The summed E-state index contributed by atoms with van der Waals surface area (Å²) in [7, 11) is 0. The topological polar surface area (TPSA) is 125 Å². The van der Waals surface area contributed by atoms with Crippen LogP contribution >= 0.6 is 0 Å². The standard InChI is InChI=1S/C21H16F3N5O4/c22-21(23,24)33-13-8-6-12(7-9-13)25-18(31)14-10-15(30)27-17-16(14)19(32)29-20(28-17)26-11-4-2-1-3-5-11/h1-9,14H,10H2,(H,25,31)(H3,26,27,28,29,30,32). The van der Waals surface area contributed by atoms with Gasteiger partial charge in [0.05, 0.1) is 11.5 Å². The zero-order chi connectivity index (χ0) is 23.6. The molecule has 1 aliphatic rings. The summed E-state index contributed by atoms with van der Waals surface area (Å²) >= 11 is 0. The fourth-order valence-corrected chi connectivity index (χ4v) is 3.28. The summed E-state index contributed by atoms with van der Waals surface area (Å²) < 4.78 is 40.6. The monoisotopic (exact) mass is 459 g/mol. The van der Waals surface area contributed by atoms with Gasteiger partial charge in [-0.05, 0) is 36.4 Å². The Balaban J connectivity index is 1.55. The molecule has 0 fully saturated rings. The van der Waals surface area contributed by atoms with Gasteiger partial charge in [-0.25, -0.2) is 0 Å². The zero-order valence-electron chi connectivity index (χ0n) is 16.7. The summed E-state index contributed by atoms with van der Waals surface area (Å²) in [6.07, 6.45) is -5.14. The van der Waals surface area contributed by atoms with E-state index in [9.17, 15) is 27.6 Å². The first-order chi connectivity index (χ1) is 15.7. The van der Waals surface area contributed by atoms with Crippen molar-refractivity contribution >= 4 is 35.0 Å². The molecular formula is C21H16F3N5O4. The Morgan fingerprint density at radius 2 is 1.73 bits per heavy atom. The van der Waals surface area contributed by atoms with E-state index >= 15 is 0 Å². The first-order valence-electron chi connectivity index (χ1n) is 9.61. The Bertz CT molecular complexity index is 1240. The molecule has 0 saturated carbocycles. The largest absolute Gasteiger partial charge is 0.573 e. The number of carbonyl (C=O) groups excluding carboxylic acids is 2. The van der Waals surface area contributed by atoms with Gasteiger partial charge in [0.25, 0.3) is 5.56 Å². The molecule has 1 aromatic heterocycles. The van der Waals surface area contributed by atoms with Gasteiger partial charge in [0.2, 0.25) is 17.8 Å². The molecule has 170 valence electrons. The molecule has 4 N–H and O–H groups in total. The molecule has 1 aliphatic heterocycles. The highest BCUT2D eigenvalue weighted by Gasteiger charge is 2.35. The molecular weight excluding hydrogens is 443 g/mol. The summed E-state index contributed by atoms with van der Waals surface area (Å²) in [6, 6.07) is 13.3. The number of nitrogens with zero attached hydrogens (tertiary/aromatic N) is 1. The summed E-state index contributed by atoms with van der Waals surface area (Å²) in [6.45, 7) is 0. The molecule has 2 heterocycles. The predicted octanol–water partition coefficient (Wildman–Crippen LogP) is 3.48. The van der Waals surface area contributed by atoms with E-state index in [0.29, 0.717) is 5.69 Å². The third-order valence-corrected chi connectivity index (χ3v) is 4.66. The number of carbonyl (C=O) groups is 2. The van der Waals surface area contributed by atoms with Crippen LogP contribution in [0.2, 0.25) is 0 Å². The lowest BCUT2D eigenvalue weighted by molar-refractivity contribution is -0.274. The van der Waals surface area contributed by atoms with Crippen molar-refractivity contribution < 1.29 is 27.5 Å². The first-order valence-corrected chi connectivity index (χ1v) is 9.61. The second-order valence-electron chi connectivity index (χ2n) is 7.03. The molecule has 1 atom stereocenters. The van der Waals surface area contributed by atoms with Crippen LogP contribution in [-0.2, 0) is 9.59 Å². The van der Waals surface area contributed by atoms with E-state index in [4.69, 9.17) is 0 Å². The van der Waals surface area contributed by atoms with Gasteiger partial charge in [-0.15, -0.1) is 13.2 Å². The lowest BCUT2D eigenvalue weighted by Crippen LogP contribution is -2.36. The van der Waals surface area contributed by atoms with Crippen LogP contribution in [0, 0.1) is 0 Å². The van der Waals surface area contributed by atoms with Gasteiger partial charge in [-0.3, -0.25) is 19.4 Å². The van der Waals surface area contributed by atoms with E-state index in [0.717, 1.165) is 12.1 Å². The number of benzene rings is 2. The number of aromatic amines is 1. The molecule has 0 saturated heterocycles. The number of nitrogens with one attached hydrogen (secondary N) is 4. The van der Waals surface area contributed by atoms with Gasteiger partial charge >= 0.3 is 6.36 Å². The molecule has 0 radical (unpaired) electrons. The van der Waals surface area contributed by atoms with Gasteiger partial charge in [-0.2, -0.15) is 4.98 Å². The normalized spacial score (nSPS) is 15.2. The Morgan fingerprint density at radius 3 is 2.39 bits per heavy atom. The molecule has 3 aromatic rings. The van der Waals surface area contributed by atoms with Crippen LogP contribution in [0.25, 0.3) is 0 Å². The third-order valence-electron chi connectivity index (χ3n) is 4.66. The number of hydrogen-bond acceptors (Lipinski definition) is 6. The molecule has 9 nitrogen and oxygen atoms in total. The first kappa shape index (κ1) is 21.9. The van der Waals surface area contributed by atoms with E-state index in [-0.39, 0.29) is 29.4 Å². The summed E-state index contributed by atoms with van der Waals surface area (Å²) in [5.74, 6) is -2.79. The van der Waals surface area contributed by atoms with Crippen molar-refractivity contribution in [1.29, 1.82) is 0 Å². The molecule has 12 heteroatoms. The summed E-state index contributed by atoms with van der Waals surface area (Å²) in [5.41, 5.74) is 0.166. The van der Waals surface area contributed by atoms with Crippen LogP contribution in [0.4, 0.5) is 36.3 Å². The Kier molecular flexibility index (Phi) is 5.73. The van der Waals surface area contributed by atoms with Crippen molar-refractivity contribution in [1.82, 2.24) is 9.97 Å². The van der Waals surface area contributed by atoms with E-state index in [2.05, 4.69) is 30.7 Å². The average molecular weight is 459 g/mol. The van der Waals surface area contributed by atoms with Crippen molar-refractivity contribution in [3.8, 4) is 5.75 Å². The fourth-order valence-electron chi connectivity index (χ4n) is 3.28. The van der Waals surface area contributed by atoms with Crippen LogP contribution < -0.4 is 26.2 Å². The average Bonchev–Trinajstić information content (AvgIpc) is 2.74. The number of hydrogen-bond donors (Lipinski definition) is 4. The minimum absolute atomic E-state index is 0.0252. The van der Waals surface area contributed by atoms with Crippen LogP contribution in [0.3, 0.4) is 0 Å². The quantitative estimate of drug-likeness (QED) is 0.463. The smallest absolute Gasteiger partial charge is 0.406 e. The van der Waals surface area contributed by atoms with E-state index < -0.39 is 35.4 Å². The Hall–Kier alpha value is -4.35. The Morgan fingerprint density at radius 1 is 1.03 bits per heavy atom. The lowest BCUT2D eigenvalue weighted by atomic mass is 9.92. The van der Waals surface area contributed by atoms with Crippen LogP contribution in [0.5, 0.6) is 5.75 Å². The number of amides is 2. The van der Waals surface area contributed by atoms with E-state index in [1.165, 1.54) is 12.1 Å². The number of ether oxygens (including phenoxy) is 1. The van der Waals surface area contributed by atoms with Crippen molar-refractivity contribution in [2.75, 3.05) is 16.0 Å². The highest BCUT2D eigenvalue weighted by Crippen LogP contribution is 2.31. The van der Waals surface area contributed by atoms with Crippen LogP contribution in [-0.4, -0.2) is 28.1 Å². The molecule has 0 aliphatic carbocycles. The lowest BCUT2D eigenvalue weighted by Gasteiger charge is -2.23. The van der Waals surface area contributed by atoms with Gasteiger partial charge < -0.3 is 20.7 Å². The Labute approximate surface area is 184 Å². The number of alkyl halides is 3. The van der Waals surface area contributed by atoms with Gasteiger partial charge in [0, 0.05) is 17.8 Å². The number of anilines is 4. The predicted molar refractivity (Wildman–Crippen MR) is 112 cm³/mol. The molecule has 2 amide bonds. The maximum atomic E-state index is 12.8. The van der Waals surface area contributed by atoms with Gasteiger partial charge in [0.15, 0.2) is 0 Å². The fraction of sp³-hybridized carbons (Fsp3) is 0.143. The SMILES string of the molecule is O=C1CC(C(=O)Nc2ccc(OC(F)(F)F)cc2)c2c(nc(Nc3ccccc3)[nH]c2=O)N1. The third kappa shape index (κ3) is 5.29. The minimum Gasteiger partial charge on any atom is -0.406 e. The highest BCUT2D eigenvalue weighted by atomic mass is 19.4. The molecule has 4 rings (SSSR count). The molecule has 1 unspecified atom stereocenters. The van der Waals surface area contributed by atoms with E-state index in [1.54, 1.807) is 24.3 Å². The van der Waals surface area contributed by atoms with Crippen LogP contribution in [0.15, 0.2) is 59.4 Å². The number of aromatic nitrogens is 2. The molecule has 2 aromatic carbocycles. The maximum Gasteiger partial charge on any atom is 0.573 e. The highest BCUT2D eigenvalue weighted by molar-refractivity contribution is 6.04. The molecule has 0 bridgehead atoms. The maximum absolute atomic E-state index is 12.8. The van der Waals surface area contributed by atoms with Crippen molar-refractivity contribution in [2.24, 2.45) is 0 Å². The number of H-pyrrole nitrogens is 1. The number of para-hydroxylation sites is 1. The minimum atomic E-state index is -4.84. The van der Waals surface area contributed by atoms with Crippen LogP contribution in [0.1, 0.15) is 17.9 Å². The van der Waals surface area contributed by atoms with Gasteiger partial charge in [-0.1, -0.05) is 18.2 Å². The van der Waals surface area contributed by atoms with Crippen molar-refractivity contribution in [3.05, 3.63) is 70.5 Å². The molecule has 0 spiro atoms. The zero-order valence-corrected chi connectivity index (χ0v) is 16.7. The number of fused-ring (bicyclic) bond motifs is 1. The summed E-state index contributed by atoms with van der Waals surface area (Å²) in [4.78, 5) is 44.5.